The SMILES string of the molecule is COc1ccc([N+](=O)[O-])cc1/C=C1\C(=O)NC(=O)N(c2ccc(C(C)C)cc2)C1=O. The summed E-state index contributed by atoms with van der Waals surface area (Å²) in [6.07, 6.45) is 1.17. The van der Waals surface area contributed by atoms with E-state index < -0.39 is 22.8 Å². The van der Waals surface area contributed by atoms with Crippen molar-refractivity contribution >= 4 is 35.3 Å². The minimum atomic E-state index is -0.895. The second-order valence-corrected chi connectivity index (χ2v) is 6.89. The number of nitro benzene ring substituents is 1. The molecule has 9 nitrogen and oxygen atoms in total. The van der Waals surface area contributed by atoms with Gasteiger partial charge in [-0.05, 0) is 35.8 Å². The molecule has 0 aliphatic carbocycles. The number of imide groups is 2. The Morgan fingerprint density at radius 1 is 1.10 bits per heavy atom. The molecule has 0 radical (unpaired) electrons. The Kier molecular flexibility index (Phi) is 5.63. The second-order valence-electron chi connectivity index (χ2n) is 6.89. The first-order valence-electron chi connectivity index (χ1n) is 9.06. The van der Waals surface area contributed by atoms with Crippen molar-refractivity contribution in [3.05, 3.63) is 69.3 Å². The Morgan fingerprint density at radius 2 is 1.77 bits per heavy atom. The monoisotopic (exact) mass is 409 g/mol. The number of carbonyl (C=O) groups is 3. The summed E-state index contributed by atoms with van der Waals surface area (Å²) in [7, 11) is 1.36. The van der Waals surface area contributed by atoms with Gasteiger partial charge in [0.05, 0.1) is 17.7 Å². The highest BCUT2D eigenvalue weighted by molar-refractivity contribution is 6.39. The number of nitrogens with one attached hydrogen (secondary N) is 1. The van der Waals surface area contributed by atoms with E-state index >= 15 is 0 Å². The third kappa shape index (κ3) is 3.90. The minimum Gasteiger partial charge on any atom is -0.496 e. The number of rotatable bonds is 5. The van der Waals surface area contributed by atoms with Crippen LogP contribution in [0.3, 0.4) is 0 Å². The van der Waals surface area contributed by atoms with Crippen LogP contribution < -0.4 is 15.0 Å². The maximum Gasteiger partial charge on any atom is 0.335 e. The first kappa shape index (κ1) is 20.7. The standard InChI is InChI=1S/C21H19N3O6/c1-12(2)13-4-6-15(7-5-13)23-20(26)17(19(25)22-21(23)27)11-14-10-16(24(28)29)8-9-18(14)30-3/h4-12H,1-3H3,(H,22,25,27)/b17-11+. The molecule has 3 rings (SSSR count). The van der Waals surface area contributed by atoms with Gasteiger partial charge in [-0.1, -0.05) is 26.0 Å². The summed E-state index contributed by atoms with van der Waals surface area (Å²) in [5.41, 5.74) is 0.905. The molecule has 1 aliphatic heterocycles. The zero-order valence-electron chi connectivity index (χ0n) is 16.5. The van der Waals surface area contributed by atoms with Gasteiger partial charge in [0, 0.05) is 17.7 Å². The molecule has 0 saturated carbocycles. The fourth-order valence-electron chi connectivity index (χ4n) is 3.00. The minimum absolute atomic E-state index is 0.162. The summed E-state index contributed by atoms with van der Waals surface area (Å²) in [5.74, 6) is -1.23. The van der Waals surface area contributed by atoms with Crippen LogP contribution in [0.1, 0.15) is 30.9 Å². The van der Waals surface area contributed by atoms with E-state index in [4.69, 9.17) is 4.74 Å². The molecule has 1 aliphatic rings. The van der Waals surface area contributed by atoms with Gasteiger partial charge >= 0.3 is 6.03 Å². The number of nitrogens with zero attached hydrogens (tertiary/aromatic N) is 2. The van der Waals surface area contributed by atoms with Gasteiger partial charge in [-0.15, -0.1) is 0 Å². The van der Waals surface area contributed by atoms with Gasteiger partial charge in [-0.25, -0.2) is 9.69 Å². The summed E-state index contributed by atoms with van der Waals surface area (Å²) < 4.78 is 5.17. The number of barbiturate groups is 1. The van der Waals surface area contributed by atoms with E-state index in [1.54, 1.807) is 24.3 Å². The van der Waals surface area contributed by atoms with Crippen molar-refractivity contribution in [1.29, 1.82) is 0 Å². The predicted molar refractivity (Wildman–Crippen MR) is 109 cm³/mol. The second kappa shape index (κ2) is 8.16. The predicted octanol–water partition coefficient (Wildman–Crippen LogP) is 3.39. The molecule has 154 valence electrons. The molecule has 30 heavy (non-hydrogen) atoms. The van der Waals surface area contributed by atoms with Crippen molar-refractivity contribution in [2.45, 2.75) is 19.8 Å². The Balaban J connectivity index is 2.04. The van der Waals surface area contributed by atoms with Crippen molar-refractivity contribution in [2.75, 3.05) is 12.0 Å². The van der Waals surface area contributed by atoms with Gasteiger partial charge in [-0.2, -0.15) is 0 Å². The Bertz CT molecular complexity index is 1070. The Hall–Kier alpha value is -4.01. The number of hydrogen-bond acceptors (Lipinski definition) is 6. The van der Waals surface area contributed by atoms with Gasteiger partial charge in [0.15, 0.2) is 0 Å². The van der Waals surface area contributed by atoms with Crippen LogP contribution in [0.15, 0.2) is 48.0 Å². The topological polar surface area (TPSA) is 119 Å². The molecule has 0 spiro atoms. The lowest BCUT2D eigenvalue weighted by molar-refractivity contribution is -0.384. The lowest BCUT2D eigenvalue weighted by Gasteiger charge is -2.26. The molecule has 2 aromatic carbocycles. The molecule has 1 heterocycles. The van der Waals surface area contributed by atoms with Crippen molar-refractivity contribution in [1.82, 2.24) is 5.32 Å². The van der Waals surface area contributed by atoms with Crippen LogP contribution in [-0.4, -0.2) is 29.9 Å². The van der Waals surface area contributed by atoms with Crippen LogP contribution in [0.4, 0.5) is 16.2 Å². The highest BCUT2D eigenvalue weighted by atomic mass is 16.6. The van der Waals surface area contributed by atoms with Crippen molar-refractivity contribution in [2.24, 2.45) is 0 Å². The van der Waals surface area contributed by atoms with Gasteiger partial charge in [0.25, 0.3) is 17.5 Å². The lowest BCUT2D eigenvalue weighted by atomic mass is 10.0. The van der Waals surface area contributed by atoms with Crippen LogP contribution in [-0.2, 0) is 9.59 Å². The Labute approximate surface area is 172 Å². The first-order valence-corrected chi connectivity index (χ1v) is 9.06. The summed E-state index contributed by atoms with van der Waals surface area (Å²) in [6, 6.07) is 9.75. The number of carbonyl (C=O) groups excluding carboxylic acids is 3. The van der Waals surface area contributed by atoms with Crippen LogP contribution in [0.5, 0.6) is 5.75 Å². The van der Waals surface area contributed by atoms with Crippen molar-refractivity contribution in [3.8, 4) is 5.75 Å². The van der Waals surface area contributed by atoms with Crippen LogP contribution in [0.25, 0.3) is 6.08 Å². The van der Waals surface area contributed by atoms with Crippen LogP contribution in [0.2, 0.25) is 0 Å². The number of urea groups is 1. The third-order valence-corrected chi connectivity index (χ3v) is 4.64. The molecule has 1 N–H and O–H groups in total. The number of amides is 4. The number of non-ortho nitro benzene ring substituents is 1. The molecule has 4 amide bonds. The number of anilines is 1. The smallest absolute Gasteiger partial charge is 0.335 e. The van der Waals surface area contributed by atoms with Crippen molar-refractivity contribution < 1.29 is 24.0 Å². The van der Waals surface area contributed by atoms with Gasteiger partial charge in [0.1, 0.15) is 11.3 Å². The molecular weight excluding hydrogens is 390 g/mol. The van der Waals surface area contributed by atoms with E-state index in [-0.39, 0.29) is 28.5 Å². The zero-order valence-corrected chi connectivity index (χ0v) is 16.5. The highest BCUT2D eigenvalue weighted by Gasteiger charge is 2.37. The average Bonchev–Trinajstić information content (AvgIpc) is 2.71. The van der Waals surface area contributed by atoms with E-state index in [0.717, 1.165) is 10.5 Å². The molecule has 0 unspecified atom stereocenters. The molecule has 1 fully saturated rings. The van der Waals surface area contributed by atoms with Gasteiger partial charge in [0.2, 0.25) is 0 Å². The van der Waals surface area contributed by atoms with E-state index in [1.165, 1.54) is 31.4 Å². The number of methoxy groups -OCH3 is 1. The normalized spacial score (nSPS) is 15.5. The van der Waals surface area contributed by atoms with Gasteiger partial charge in [-0.3, -0.25) is 25.0 Å². The van der Waals surface area contributed by atoms with E-state index in [2.05, 4.69) is 5.32 Å². The van der Waals surface area contributed by atoms with E-state index in [9.17, 15) is 24.5 Å². The first-order chi connectivity index (χ1) is 14.2. The molecule has 1 saturated heterocycles. The number of ether oxygens (including phenoxy) is 1. The zero-order chi connectivity index (χ0) is 22.0. The molecule has 0 aromatic heterocycles. The molecule has 0 bridgehead atoms. The maximum absolute atomic E-state index is 13.0. The summed E-state index contributed by atoms with van der Waals surface area (Å²) in [5, 5.41) is 13.2. The fraction of sp³-hybridized carbons (Fsp3) is 0.190. The largest absolute Gasteiger partial charge is 0.496 e. The van der Waals surface area contributed by atoms with Crippen LogP contribution in [0, 0.1) is 10.1 Å². The van der Waals surface area contributed by atoms with E-state index in [1.807, 2.05) is 13.8 Å². The van der Waals surface area contributed by atoms with Crippen molar-refractivity contribution in [3.63, 3.8) is 0 Å². The summed E-state index contributed by atoms with van der Waals surface area (Å²) >= 11 is 0. The van der Waals surface area contributed by atoms with Gasteiger partial charge < -0.3 is 4.74 Å². The number of nitro groups is 1. The Morgan fingerprint density at radius 3 is 2.33 bits per heavy atom. The average molecular weight is 409 g/mol. The quantitative estimate of drug-likeness (QED) is 0.350. The molecule has 9 heteroatoms. The fourth-order valence-corrected chi connectivity index (χ4v) is 3.00. The molecular formula is C21H19N3O6. The van der Waals surface area contributed by atoms with Crippen LogP contribution >= 0.6 is 0 Å². The van der Waals surface area contributed by atoms with E-state index in [0.29, 0.717) is 5.69 Å². The summed E-state index contributed by atoms with van der Waals surface area (Å²) in [4.78, 5) is 49.0. The summed E-state index contributed by atoms with van der Waals surface area (Å²) in [6.45, 7) is 4.03. The maximum atomic E-state index is 13.0. The molecule has 0 atom stereocenters. The highest BCUT2D eigenvalue weighted by Crippen LogP contribution is 2.29. The third-order valence-electron chi connectivity index (χ3n) is 4.64. The number of benzene rings is 2. The number of hydrogen-bond donors (Lipinski definition) is 1. The lowest BCUT2D eigenvalue weighted by Crippen LogP contribution is -2.54. The molecule has 2 aromatic rings.